The Morgan fingerprint density at radius 3 is 1.31 bits per heavy atom. The Morgan fingerprint density at radius 1 is 0.433 bits per heavy atom. The van der Waals surface area contributed by atoms with Crippen LogP contribution < -0.4 is 42.5 Å². The largest absolute Gasteiger partial charge is 0.286 e. The number of hydrogen-bond donors (Lipinski definition) is 8. The zero-order chi connectivity index (χ0) is 46.0. The number of halogens is 4. The van der Waals surface area contributed by atoms with Crippen LogP contribution in [0.3, 0.4) is 0 Å². The minimum absolute atomic E-state index is 0.00376. The molecule has 5 heterocycles. The maximum Gasteiger partial charge on any atom is 0.0681 e. The van der Waals surface area contributed by atoms with Crippen molar-refractivity contribution in [1.82, 2.24) is 42.5 Å². The minimum Gasteiger partial charge on any atom is -0.286 e. The number of thioether (sulfide) groups is 1. The summed E-state index contributed by atoms with van der Waals surface area (Å²) < 4.78 is 0. The molecule has 10 rings (SSSR count). The van der Waals surface area contributed by atoms with Crippen LogP contribution in [0.5, 0.6) is 0 Å². The van der Waals surface area contributed by atoms with Gasteiger partial charge in [0.1, 0.15) is 0 Å². The molecule has 4 aliphatic carbocycles. The van der Waals surface area contributed by atoms with Gasteiger partial charge in [-0.3, -0.25) is 42.5 Å². The summed E-state index contributed by atoms with van der Waals surface area (Å²) >= 11 is 31.6. The first-order chi connectivity index (χ1) is 32.8. The molecule has 13 heteroatoms. The Bertz CT molecular complexity index is 1690. The highest BCUT2D eigenvalue weighted by atomic mass is 35.5. The number of unbranched alkanes of at least 4 members (excludes halogenated alkanes) is 10. The molecule has 9 aliphatic rings. The number of fused-ring (bicyclic) bond motifs is 20. The molecule has 5 aliphatic heterocycles. The molecule has 0 radical (unpaired) electrons. The van der Waals surface area contributed by atoms with E-state index in [0.717, 1.165) is 0 Å². The van der Waals surface area contributed by atoms with Gasteiger partial charge in [-0.25, -0.2) is 0 Å². The summed E-state index contributed by atoms with van der Waals surface area (Å²) in [6, 6.07) is 11.4. The Morgan fingerprint density at radius 2 is 0.836 bits per heavy atom. The van der Waals surface area contributed by atoms with E-state index in [1.807, 2.05) is 0 Å². The quantitative estimate of drug-likeness (QED) is 0.0609. The normalized spacial score (nSPS) is 47.0. The lowest BCUT2D eigenvalue weighted by atomic mass is 9.64. The molecule has 67 heavy (non-hydrogen) atoms. The fourth-order valence-electron chi connectivity index (χ4n) is 16.0. The number of alkyl halides is 4. The van der Waals surface area contributed by atoms with Crippen LogP contribution in [0.1, 0.15) is 162 Å². The van der Waals surface area contributed by atoms with Crippen molar-refractivity contribution in [1.29, 1.82) is 0 Å². The first-order valence-corrected chi connectivity index (χ1v) is 30.8. The second-order valence-electron chi connectivity index (χ2n) is 23.2. The third kappa shape index (κ3) is 11.0. The molecule has 0 spiro atoms. The molecule has 1 aromatic rings. The van der Waals surface area contributed by atoms with Gasteiger partial charge in [0.15, 0.2) is 0 Å². The number of benzene rings is 1. The van der Waals surface area contributed by atoms with Gasteiger partial charge in [0, 0.05) is 27.9 Å². The van der Waals surface area contributed by atoms with Gasteiger partial charge in [0.05, 0.1) is 70.8 Å². The molecule has 378 valence electrons. The second-order valence-corrected chi connectivity index (χ2v) is 26.5. The maximum absolute atomic E-state index is 7.57. The first kappa shape index (κ1) is 50.9. The van der Waals surface area contributed by atoms with Gasteiger partial charge in [-0.05, 0) is 92.1 Å². The van der Waals surface area contributed by atoms with E-state index in [-0.39, 0.29) is 71.9 Å². The SMILES string of the molecule is CCCCCCCCCCCCC1CC2C3NC4NC(NC5NC(NC6NC(NC(N3)C2C(Sc2ccccc2)C1CCCC)C1C(Cl)C(Cl)C(Cl)C(Cl)C61)C1CCCCC51)C1CCCCC41. The van der Waals surface area contributed by atoms with Crippen molar-refractivity contribution < 1.29 is 0 Å². The Kier molecular flexibility index (Phi) is 18.0. The Balaban J connectivity index is 0.980. The molecule has 0 aromatic heterocycles. The van der Waals surface area contributed by atoms with Crippen LogP contribution in [0.4, 0.5) is 0 Å². The van der Waals surface area contributed by atoms with Gasteiger partial charge < -0.3 is 0 Å². The van der Waals surface area contributed by atoms with Crippen molar-refractivity contribution in [2.75, 3.05) is 0 Å². The monoisotopic (exact) mass is 1020 g/mol. The lowest BCUT2D eigenvalue weighted by Gasteiger charge is -2.48. The fourth-order valence-corrected chi connectivity index (χ4v) is 19.5. The average molecular weight is 1020 g/mol. The summed E-state index contributed by atoms with van der Waals surface area (Å²) in [4.78, 5) is 1.40. The Hall–Kier alpha value is 0.410. The van der Waals surface area contributed by atoms with Crippen LogP contribution in [0.25, 0.3) is 0 Å². The summed E-state index contributed by atoms with van der Waals surface area (Å²) in [5.74, 6) is 4.65. The number of rotatable bonds is 16. The molecule has 8 N–H and O–H groups in total. The molecule has 0 amide bonds. The van der Waals surface area contributed by atoms with E-state index < -0.39 is 10.8 Å². The van der Waals surface area contributed by atoms with Gasteiger partial charge >= 0.3 is 0 Å². The van der Waals surface area contributed by atoms with E-state index >= 15 is 0 Å². The van der Waals surface area contributed by atoms with Crippen molar-refractivity contribution in [3.63, 3.8) is 0 Å². The average Bonchev–Trinajstić information content (AvgIpc) is 4.09. The van der Waals surface area contributed by atoms with Crippen LogP contribution in [-0.4, -0.2) is 76.1 Å². The van der Waals surface area contributed by atoms with Crippen molar-refractivity contribution in [2.24, 2.45) is 59.2 Å². The number of nitrogens with one attached hydrogen (secondary N) is 8. The predicted octanol–water partition coefficient (Wildman–Crippen LogP) is 11.2. The fraction of sp³-hybridized carbons (Fsp3) is 0.889. The second kappa shape index (κ2) is 23.7. The summed E-state index contributed by atoms with van der Waals surface area (Å²) in [5.41, 5.74) is 0. The highest BCUT2D eigenvalue weighted by molar-refractivity contribution is 8.00. The molecule has 23 atom stereocenters. The summed E-state index contributed by atoms with van der Waals surface area (Å²) in [5, 5.41) is 33.5. The smallest absolute Gasteiger partial charge is 0.0681 e. The third-order valence-electron chi connectivity index (χ3n) is 19.3. The summed E-state index contributed by atoms with van der Waals surface area (Å²) in [7, 11) is 0. The highest BCUT2D eigenvalue weighted by Gasteiger charge is 2.62. The highest BCUT2D eigenvalue weighted by Crippen LogP contribution is 2.55. The van der Waals surface area contributed by atoms with Gasteiger partial charge in [0.25, 0.3) is 0 Å². The first-order valence-electron chi connectivity index (χ1n) is 28.2. The molecule has 1 aromatic carbocycles. The van der Waals surface area contributed by atoms with Crippen LogP contribution in [-0.2, 0) is 0 Å². The van der Waals surface area contributed by atoms with E-state index in [2.05, 4.69) is 98.5 Å². The molecule has 9 fully saturated rings. The lowest BCUT2D eigenvalue weighted by molar-refractivity contribution is 0.0908. The van der Waals surface area contributed by atoms with Gasteiger partial charge in [-0.15, -0.1) is 58.2 Å². The van der Waals surface area contributed by atoms with E-state index in [9.17, 15) is 0 Å². The lowest BCUT2D eigenvalue weighted by Crippen LogP contribution is -2.62. The topological polar surface area (TPSA) is 96.2 Å². The molecular weight excluding hydrogens is 935 g/mol. The zero-order valence-corrected chi connectivity index (χ0v) is 44.7. The van der Waals surface area contributed by atoms with Gasteiger partial charge in [0.2, 0.25) is 0 Å². The molecule has 8 bridgehead atoms. The van der Waals surface area contributed by atoms with Crippen LogP contribution >= 0.6 is 58.2 Å². The Labute approximate surface area is 430 Å². The van der Waals surface area contributed by atoms with E-state index in [0.29, 0.717) is 52.6 Å². The summed E-state index contributed by atoms with van der Waals surface area (Å²) in [6.07, 6.45) is 31.8. The van der Waals surface area contributed by atoms with Crippen molar-refractivity contribution in [3.05, 3.63) is 30.3 Å². The molecule has 8 nitrogen and oxygen atoms in total. The number of hydrogen-bond acceptors (Lipinski definition) is 9. The molecule has 5 saturated heterocycles. The third-order valence-corrected chi connectivity index (χ3v) is 23.4. The van der Waals surface area contributed by atoms with Crippen molar-refractivity contribution in [2.45, 2.75) is 243 Å². The van der Waals surface area contributed by atoms with Gasteiger partial charge in [-0.1, -0.05) is 141 Å². The predicted molar refractivity (Wildman–Crippen MR) is 282 cm³/mol. The van der Waals surface area contributed by atoms with E-state index in [4.69, 9.17) is 46.4 Å². The van der Waals surface area contributed by atoms with Gasteiger partial charge in [-0.2, -0.15) is 0 Å². The van der Waals surface area contributed by atoms with E-state index in [1.54, 1.807) is 0 Å². The molecule has 23 unspecified atom stereocenters. The van der Waals surface area contributed by atoms with Crippen LogP contribution in [0.2, 0.25) is 0 Å². The minimum atomic E-state index is -0.420. The van der Waals surface area contributed by atoms with Crippen LogP contribution in [0, 0.1) is 59.2 Å². The molecule has 4 saturated carbocycles. The maximum atomic E-state index is 7.57. The van der Waals surface area contributed by atoms with Crippen molar-refractivity contribution in [3.8, 4) is 0 Å². The molecular formula is C54H88Cl4N8S. The van der Waals surface area contributed by atoms with Crippen LogP contribution in [0.15, 0.2) is 35.2 Å². The summed E-state index contributed by atoms with van der Waals surface area (Å²) in [6.45, 7) is 4.71. The standard InChI is InChI=1S/C54H88Cl4N8S/c1-3-5-7-8-9-10-11-12-13-15-22-31-30-38-39(46(33(31)25-6-4-2)67-32-23-16-14-17-24-32)52-64-51(38)62-49-35-27-19-18-26-34(35)47(60-49)59-48-36-28-20-21-29-37(36)50(61-48)63-53-40-41(54(65-52)66-53)43(56)45(58)44(57)42(40)55/h14,16-17,23-24,31,33-54,59-66H,3-13,15,18-22,25-30H2,1-2H3. The zero-order valence-electron chi connectivity index (χ0n) is 40.8. The van der Waals surface area contributed by atoms with E-state index in [1.165, 1.54) is 153 Å². The van der Waals surface area contributed by atoms with Crippen molar-refractivity contribution >= 4 is 58.2 Å².